The summed E-state index contributed by atoms with van der Waals surface area (Å²) in [5, 5.41) is 0. The van der Waals surface area contributed by atoms with Crippen LogP contribution in [0.15, 0.2) is 18.3 Å². The van der Waals surface area contributed by atoms with Crippen LogP contribution in [0, 0.1) is 5.41 Å². The standard InChI is InChI=1S/C17H27N3/c1-16(2,3)12-20-9-6-17(7-10-20)14(18)11-13-5-4-8-19-15(13)17/h4-5,8,14H,6-7,9-12,18H2,1-3H3/t14-/m1/s1. The fraction of sp³-hybridized carbons (Fsp3) is 0.706. The fourth-order valence-corrected chi connectivity index (χ4v) is 4.05. The zero-order valence-electron chi connectivity index (χ0n) is 13.0. The zero-order chi connectivity index (χ0) is 14.4. The molecule has 0 radical (unpaired) electrons. The summed E-state index contributed by atoms with van der Waals surface area (Å²) < 4.78 is 0. The van der Waals surface area contributed by atoms with E-state index < -0.39 is 0 Å². The Morgan fingerprint density at radius 2 is 2.05 bits per heavy atom. The molecule has 1 spiro atoms. The highest BCUT2D eigenvalue weighted by molar-refractivity contribution is 5.37. The SMILES string of the molecule is CC(C)(C)CN1CCC2(CC1)c1ncccc1C[C@H]2N. The number of hydrogen-bond donors (Lipinski definition) is 1. The van der Waals surface area contributed by atoms with E-state index in [1.807, 2.05) is 12.3 Å². The summed E-state index contributed by atoms with van der Waals surface area (Å²) in [7, 11) is 0. The van der Waals surface area contributed by atoms with Crippen molar-refractivity contribution in [2.45, 2.75) is 51.5 Å². The maximum Gasteiger partial charge on any atom is 0.0514 e. The normalized spacial score (nSPS) is 25.9. The maximum atomic E-state index is 6.51. The molecule has 2 N–H and O–H groups in total. The predicted molar refractivity (Wildman–Crippen MR) is 82.7 cm³/mol. The van der Waals surface area contributed by atoms with Gasteiger partial charge in [0, 0.05) is 24.2 Å². The maximum absolute atomic E-state index is 6.51. The van der Waals surface area contributed by atoms with Crippen LogP contribution < -0.4 is 5.73 Å². The molecule has 110 valence electrons. The lowest BCUT2D eigenvalue weighted by molar-refractivity contribution is 0.110. The van der Waals surface area contributed by atoms with Crippen molar-refractivity contribution in [3.63, 3.8) is 0 Å². The van der Waals surface area contributed by atoms with Crippen LogP contribution >= 0.6 is 0 Å². The van der Waals surface area contributed by atoms with Crippen molar-refractivity contribution in [1.29, 1.82) is 0 Å². The molecule has 0 unspecified atom stereocenters. The van der Waals surface area contributed by atoms with Crippen molar-refractivity contribution in [1.82, 2.24) is 9.88 Å². The highest BCUT2D eigenvalue weighted by Gasteiger charge is 2.47. The lowest BCUT2D eigenvalue weighted by atomic mass is 9.73. The predicted octanol–water partition coefficient (Wildman–Crippen LogP) is 2.34. The number of piperidine rings is 1. The van der Waals surface area contributed by atoms with Crippen molar-refractivity contribution >= 4 is 0 Å². The van der Waals surface area contributed by atoms with Gasteiger partial charge in [-0.1, -0.05) is 26.8 Å². The second-order valence-corrected chi connectivity index (χ2v) is 7.81. The van der Waals surface area contributed by atoms with Gasteiger partial charge < -0.3 is 10.6 Å². The van der Waals surface area contributed by atoms with Crippen LogP contribution in [0.2, 0.25) is 0 Å². The van der Waals surface area contributed by atoms with Gasteiger partial charge in [-0.2, -0.15) is 0 Å². The van der Waals surface area contributed by atoms with Crippen molar-refractivity contribution < 1.29 is 0 Å². The van der Waals surface area contributed by atoms with E-state index in [-0.39, 0.29) is 11.5 Å². The molecule has 0 saturated carbocycles. The molecule has 2 heterocycles. The van der Waals surface area contributed by atoms with Gasteiger partial charge in [0.2, 0.25) is 0 Å². The lowest BCUT2D eigenvalue weighted by Gasteiger charge is -2.43. The Kier molecular flexibility index (Phi) is 3.38. The number of likely N-dealkylation sites (tertiary alicyclic amines) is 1. The first kappa shape index (κ1) is 14.0. The van der Waals surface area contributed by atoms with Crippen LogP contribution in [0.3, 0.4) is 0 Å². The molecule has 3 heteroatoms. The number of nitrogens with two attached hydrogens (primary N) is 1. The topological polar surface area (TPSA) is 42.2 Å². The van der Waals surface area contributed by atoms with E-state index >= 15 is 0 Å². The van der Waals surface area contributed by atoms with Gasteiger partial charge in [0.1, 0.15) is 0 Å². The van der Waals surface area contributed by atoms with Gasteiger partial charge in [-0.3, -0.25) is 4.98 Å². The largest absolute Gasteiger partial charge is 0.327 e. The smallest absolute Gasteiger partial charge is 0.0514 e. The molecular weight excluding hydrogens is 246 g/mol. The summed E-state index contributed by atoms with van der Waals surface area (Å²) in [6.45, 7) is 10.4. The summed E-state index contributed by atoms with van der Waals surface area (Å²) >= 11 is 0. The van der Waals surface area contributed by atoms with E-state index in [0.29, 0.717) is 5.41 Å². The number of pyridine rings is 1. The average molecular weight is 273 g/mol. The quantitative estimate of drug-likeness (QED) is 0.854. The van der Waals surface area contributed by atoms with Gasteiger partial charge in [0.05, 0.1) is 5.69 Å². The number of nitrogens with zero attached hydrogens (tertiary/aromatic N) is 2. The summed E-state index contributed by atoms with van der Waals surface area (Å²) in [4.78, 5) is 7.28. The van der Waals surface area contributed by atoms with E-state index in [1.54, 1.807) is 0 Å². The molecule has 1 fully saturated rings. The van der Waals surface area contributed by atoms with Crippen molar-refractivity contribution in [3.05, 3.63) is 29.6 Å². The second kappa shape index (κ2) is 4.81. The van der Waals surface area contributed by atoms with E-state index in [2.05, 4.69) is 36.7 Å². The molecule has 1 atom stereocenters. The van der Waals surface area contributed by atoms with Gasteiger partial charge in [-0.05, 0) is 49.4 Å². The third kappa shape index (κ3) is 2.38. The second-order valence-electron chi connectivity index (χ2n) is 7.81. The molecule has 2 aliphatic rings. The summed E-state index contributed by atoms with van der Waals surface area (Å²) in [6, 6.07) is 4.50. The van der Waals surface area contributed by atoms with Crippen LogP contribution in [-0.4, -0.2) is 35.6 Å². The molecule has 1 aromatic heterocycles. The molecule has 1 aliphatic heterocycles. The fourth-order valence-electron chi connectivity index (χ4n) is 4.05. The van der Waals surface area contributed by atoms with Crippen LogP contribution in [0.5, 0.6) is 0 Å². The van der Waals surface area contributed by atoms with Crippen molar-refractivity contribution in [2.24, 2.45) is 11.1 Å². The van der Waals surface area contributed by atoms with Crippen LogP contribution in [-0.2, 0) is 11.8 Å². The Morgan fingerprint density at radius 3 is 2.70 bits per heavy atom. The minimum Gasteiger partial charge on any atom is -0.327 e. The Bertz CT molecular complexity index is 481. The van der Waals surface area contributed by atoms with Crippen molar-refractivity contribution in [2.75, 3.05) is 19.6 Å². The Labute approximate surface area is 122 Å². The molecule has 1 aromatic rings. The summed E-state index contributed by atoms with van der Waals surface area (Å²) in [5.74, 6) is 0. The zero-order valence-corrected chi connectivity index (χ0v) is 13.0. The number of hydrogen-bond acceptors (Lipinski definition) is 3. The minimum absolute atomic E-state index is 0.144. The highest BCUT2D eigenvalue weighted by Crippen LogP contribution is 2.44. The molecule has 3 nitrogen and oxygen atoms in total. The third-order valence-electron chi connectivity index (χ3n) is 4.96. The molecule has 20 heavy (non-hydrogen) atoms. The summed E-state index contributed by atoms with van der Waals surface area (Å²) in [6.07, 6.45) is 5.26. The van der Waals surface area contributed by atoms with Crippen LogP contribution in [0.1, 0.15) is 44.9 Å². The van der Waals surface area contributed by atoms with Gasteiger partial charge in [0.15, 0.2) is 0 Å². The minimum atomic E-state index is 0.144. The summed E-state index contributed by atoms with van der Waals surface area (Å²) in [5.41, 5.74) is 9.70. The van der Waals surface area contributed by atoms with E-state index in [9.17, 15) is 0 Å². The van der Waals surface area contributed by atoms with E-state index in [4.69, 9.17) is 5.73 Å². The molecule has 1 aliphatic carbocycles. The van der Waals surface area contributed by atoms with Gasteiger partial charge >= 0.3 is 0 Å². The molecular formula is C17H27N3. The number of fused-ring (bicyclic) bond motifs is 2. The molecule has 0 aromatic carbocycles. The van der Waals surface area contributed by atoms with Crippen LogP contribution in [0.25, 0.3) is 0 Å². The lowest BCUT2D eigenvalue weighted by Crippen LogP contribution is -2.52. The molecule has 0 bridgehead atoms. The average Bonchev–Trinajstić information content (AvgIpc) is 2.64. The Hall–Kier alpha value is -0.930. The third-order valence-corrected chi connectivity index (χ3v) is 4.96. The van der Waals surface area contributed by atoms with E-state index in [0.717, 1.165) is 32.4 Å². The van der Waals surface area contributed by atoms with E-state index in [1.165, 1.54) is 17.8 Å². The van der Waals surface area contributed by atoms with Gasteiger partial charge in [-0.25, -0.2) is 0 Å². The van der Waals surface area contributed by atoms with Gasteiger partial charge in [-0.15, -0.1) is 0 Å². The first-order valence-electron chi connectivity index (χ1n) is 7.83. The highest BCUT2D eigenvalue weighted by atomic mass is 15.1. The first-order valence-corrected chi connectivity index (χ1v) is 7.83. The number of rotatable bonds is 1. The molecule has 0 amide bonds. The van der Waals surface area contributed by atoms with Crippen LogP contribution in [0.4, 0.5) is 0 Å². The Balaban J connectivity index is 1.77. The number of aromatic nitrogens is 1. The monoisotopic (exact) mass is 273 g/mol. The first-order chi connectivity index (χ1) is 9.41. The van der Waals surface area contributed by atoms with Crippen molar-refractivity contribution in [3.8, 4) is 0 Å². The molecule has 3 rings (SSSR count). The molecule has 1 saturated heterocycles. The van der Waals surface area contributed by atoms with Gasteiger partial charge in [0.25, 0.3) is 0 Å². The Morgan fingerprint density at radius 1 is 1.35 bits per heavy atom.